The summed E-state index contributed by atoms with van der Waals surface area (Å²) in [5.74, 6) is 1.58. The van der Waals surface area contributed by atoms with Crippen LogP contribution in [0.3, 0.4) is 0 Å². The van der Waals surface area contributed by atoms with Crippen molar-refractivity contribution in [1.29, 1.82) is 0 Å². The Morgan fingerprint density at radius 2 is 1.95 bits per heavy atom. The van der Waals surface area contributed by atoms with Crippen LogP contribution in [0.5, 0.6) is 5.75 Å². The summed E-state index contributed by atoms with van der Waals surface area (Å²) in [5.41, 5.74) is 6.86. The Morgan fingerprint density at radius 1 is 1.21 bits per heavy atom. The van der Waals surface area contributed by atoms with E-state index in [0.29, 0.717) is 12.5 Å². The topological polar surface area (TPSA) is 44.5 Å². The quantitative estimate of drug-likeness (QED) is 0.746. The molecule has 0 heterocycles. The lowest BCUT2D eigenvalue weighted by Gasteiger charge is -2.16. The van der Waals surface area contributed by atoms with Gasteiger partial charge in [0, 0.05) is 13.7 Å². The number of hydrogen-bond donors (Lipinski definition) is 1. The highest BCUT2D eigenvalue weighted by Gasteiger charge is 2.08. The minimum atomic E-state index is 0.0780. The van der Waals surface area contributed by atoms with Gasteiger partial charge in [-0.05, 0) is 30.0 Å². The first kappa shape index (κ1) is 16.0. The Kier molecular flexibility index (Phi) is 7.53. The summed E-state index contributed by atoms with van der Waals surface area (Å²) in [6.45, 7) is 5.74. The van der Waals surface area contributed by atoms with Gasteiger partial charge in [0.2, 0.25) is 0 Å². The van der Waals surface area contributed by atoms with Crippen molar-refractivity contribution in [3.05, 3.63) is 29.8 Å². The van der Waals surface area contributed by atoms with E-state index in [4.69, 9.17) is 15.2 Å². The molecule has 0 spiro atoms. The lowest BCUT2D eigenvalue weighted by molar-refractivity contribution is 0.110. The zero-order chi connectivity index (χ0) is 14.1. The van der Waals surface area contributed by atoms with Crippen LogP contribution >= 0.6 is 0 Å². The molecule has 19 heavy (non-hydrogen) atoms. The van der Waals surface area contributed by atoms with Crippen molar-refractivity contribution in [2.24, 2.45) is 11.7 Å². The largest absolute Gasteiger partial charge is 0.493 e. The highest BCUT2D eigenvalue weighted by atomic mass is 16.5. The molecular formula is C16H27NO2. The normalized spacial score (nSPS) is 12.7. The molecule has 1 aromatic carbocycles. The van der Waals surface area contributed by atoms with Crippen molar-refractivity contribution in [1.82, 2.24) is 0 Å². The molecule has 108 valence electrons. The lowest BCUT2D eigenvalue weighted by Crippen LogP contribution is -2.24. The Morgan fingerprint density at radius 3 is 2.53 bits per heavy atom. The summed E-state index contributed by atoms with van der Waals surface area (Å²) in [6.07, 6.45) is 3.23. The zero-order valence-corrected chi connectivity index (χ0v) is 12.4. The fraction of sp³-hybridized carbons (Fsp3) is 0.625. The predicted octanol–water partition coefficient (Wildman–Crippen LogP) is 3.02. The molecule has 2 N–H and O–H groups in total. The highest BCUT2D eigenvalue weighted by Crippen LogP contribution is 2.17. The van der Waals surface area contributed by atoms with Crippen molar-refractivity contribution in [2.45, 2.75) is 39.2 Å². The molecule has 0 aliphatic heterocycles. The summed E-state index contributed by atoms with van der Waals surface area (Å²) in [7, 11) is 1.70. The second-order valence-corrected chi connectivity index (χ2v) is 4.94. The minimum absolute atomic E-state index is 0.0780. The molecule has 0 radical (unpaired) electrons. The van der Waals surface area contributed by atoms with E-state index in [-0.39, 0.29) is 6.10 Å². The molecule has 0 aromatic heterocycles. The second kappa shape index (κ2) is 8.94. The predicted molar refractivity (Wildman–Crippen MR) is 79.6 cm³/mol. The Bertz CT molecular complexity index is 346. The molecule has 1 rings (SSSR count). The van der Waals surface area contributed by atoms with E-state index in [9.17, 15) is 0 Å². The Hall–Kier alpha value is -1.06. The van der Waals surface area contributed by atoms with Crippen LogP contribution in [0.25, 0.3) is 0 Å². The van der Waals surface area contributed by atoms with E-state index in [1.165, 1.54) is 5.56 Å². The maximum absolute atomic E-state index is 5.87. The van der Waals surface area contributed by atoms with Crippen LogP contribution in [-0.2, 0) is 11.2 Å². The van der Waals surface area contributed by atoms with E-state index in [1.807, 2.05) is 12.1 Å². The van der Waals surface area contributed by atoms with Crippen molar-refractivity contribution in [3.8, 4) is 5.75 Å². The van der Waals surface area contributed by atoms with Gasteiger partial charge in [0.1, 0.15) is 5.75 Å². The summed E-state index contributed by atoms with van der Waals surface area (Å²) in [6, 6.07) is 8.21. The lowest BCUT2D eigenvalue weighted by atomic mass is 10.1. The van der Waals surface area contributed by atoms with Crippen molar-refractivity contribution in [3.63, 3.8) is 0 Å². The fourth-order valence-electron chi connectivity index (χ4n) is 2.03. The second-order valence-electron chi connectivity index (χ2n) is 4.94. The minimum Gasteiger partial charge on any atom is -0.493 e. The molecule has 3 nitrogen and oxygen atoms in total. The smallest absolute Gasteiger partial charge is 0.119 e. The number of benzene rings is 1. The summed E-state index contributed by atoms with van der Waals surface area (Å²) < 4.78 is 11.2. The first-order valence-electron chi connectivity index (χ1n) is 7.18. The van der Waals surface area contributed by atoms with Crippen molar-refractivity contribution < 1.29 is 9.47 Å². The van der Waals surface area contributed by atoms with Gasteiger partial charge in [0.15, 0.2) is 0 Å². The fourth-order valence-corrected chi connectivity index (χ4v) is 2.03. The summed E-state index contributed by atoms with van der Waals surface area (Å²) >= 11 is 0. The molecular weight excluding hydrogens is 238 g/mol. The van der Waals surface area contributed by atoms with Crippen molar-refractivity contribution >= 4 is 0 Å². The molecule has 0 amide bonds. The van der Waals surface area contributed by atoms with E-state index >= 15 is 0 Å². The van der Waals surface area contributed by atoms with Gasteiger partial charge in [0.25, 0.3) is 0 Å². The summed E-state index contributed by atoms with van der Waals surface area (Å²) in [5, 5.41) is 0. The van der Waals surface area contributed by atoms with Crippen molar-refractivity contribution in [2.75, 3.05) is 20.3 Å². The van der Waals surface area contributed by atoms with Gasteiger partial charge in [-0.2, -0.15) is 0 Å². The van der Waals surface area contributed by atoms with Crippen LogP contribution in [0.4, 0.5) is 0 Å². The monoisotopic (exact) mass is 265 g/mol. The van der Waals surface area contributed by atoms with Gasteiger partial charge in [-0.15, -0.1) is 0 Å². The first-order chi connectivity index (χ1) is 9.23. The van der Waals surface area contributed by atoms with Crippen LogP contribution in [0.1, 0.15) is 32.3 Å². The standard InChI is InChI=1S/C16H27NO2/c1-4-13(5-2)12-19-15-8-6-7-14(9-15)10-16(11-17)18-3/h6-9,13,16H,4-5,10-12,17H2,1-3H3/t16-/m1/s1. The molecule has 1 atom stereocenters. The number of nitrogens with two attached hydrogens (primary N) is 1. The van der Waals surface area contributed by atoms with Crippen LogP contribution in [-0.4, -0.2) is 26.4 Å². The maximum Gasteiger partial charge on any atom is 0.119 e. The molecule has 0 aliphatic rings. The molecule has 0 unspecified atom stereocenters. The van der Waals surface area contributed by atoms with Gasteiger partial charge >= 0.3 is 0 Å². The molecule has 0 bridgehead atoms. The third kappa shape index (κ3) is 5.62. The van der Waals surface area contributed by atoms with E-state index < -0.39 is 0 Å². The third-order valence-corrected chi connectivity index (χ3v) is 3.60. The van der Waals surface area contributed by atoms with E-state index in [2.05, 4.69) is 26.0 Å². The molecule has 0 saturated heterocycles. The van der Waals surface area contributed by atoms with Crippen LogP contribution in [0.15, 0.2) is 24.3 Å². The number of rotatable bonds is 9. The van der Waals surface area contributed by atoms with E-state index in [0.717, 1.165) is 31.6 Å². The first-order valence-corrected chi connectivity index (χ1v) is 7.18. The van der Waals surface area contributed by atoms with Gasteiger partial charge in [-0.1, -0.05) is 38.8 Å². The van der Waals surface area contributed by atoms with Gasteiger partial charge in [-0.25, -0.2) is 0 Å². The van der Waals surface area contributed by atoms with Gasteiger partial charge in [-0.3, -0.25) is 0 Å². The Balaban J connectivity index is 2.56. The number of ether oxygens (including phenoxy) is 2. The van der Waals surface area contributed by atoms with Gasteiger partial charge in [0.05, 0.1) is 12.7 Å². The Labute approximate surface area is 117 Å². The SMILES string of the molecule is CCC(CC)COc1cccc(C[C@H](CN)OC)c1. The molecule has 0 fully saturated rings. The highest BCUT2D eigenvalue weighted by molar-refractivity contribution is 5.29. The number of hydrogen-bond acceptors (Lipinski definition) is 3. The maximum atomic E-state index is 5.87. The third-order valence-electron chi connectivity index (χ3n) is 3.60. The average molecular weight is 265 g/mol. The van der Waals surface area contributed by atoms with Crippen LogP contribution in [0.2, 0.25) is 0 Å². The zero-order valence-electron chi connectivity index (χ0n) is 12.4. The summed E-state index contributed by atoms with van der Waals surface area (Å²) in [4.78, 5) is 0. The molecule has 1 aromatic rings. The van der Waals surface area contributed by atoms with Gasteiger partial charge < -0.3 is 15.2 Å². The molecule has 3 heteroatoms. The number of methoxy groups -OCH3 is 1. The van der Waals surface area contributed by atoms with Crippen LogP contribution < -0.4 is 10.5 Å². The molecule has 0 aliphatic carbocycles. The average Bonchev–Trinajstić information content (AvgIpc) is 2.46. The van der Waals surface area contributed by atoms with E-state index in [1.54, 1.807) is 7.11 Å². The molecule has 0 saturated carbocycles. The van der Waals surface area contributed by atoms with Crippen LogP contribution in [0, 0.1) is 5.92 Å².